The summed E-state index contributed by atoms with van der Waals surface area (Å²) in [4.78, 5) is 28.7. The van der Waals surface area contributed by atoms with E-state index in [0.717, 1.165) is 12.0 Å². The van der Waals surface area contributed by atoms with Gasteiger partial charge in [-0.3, -0.25) is 20.4 Å². The molecule has 1 aromatic carbocycles. The van der Waals surface area contributed by atoms with Gasteiger partial charge in [-0.05, 0) is 42.0 Å². The van der Waals surface area contributed by atoms with Gasteiger partial charge < -0.3 is 14.0 Å². The van der Waals surface area contributed by atoms with E-state index in [1.165, 1.54) is 18.4 Å². The van der Waals surface area contributed by atoms with E-state index in [9.17, 15) is 9.59 Å². The molecule has 2 heterocycles. The van der Waals surface area contributed by atoms with Crippen LogP contribution in [0.5, 0.6) is 11.5 Å². The van der Waals surface area contributed by atoms with Gasteiger partial charge in [-0.2, -0.15) is 16.3 Å². The Morgan fingerprint density at radius 1 is 1.19 bits per heavy atom. The smallest absolute Gasteiger partial charge is 0.269 e. The van der Waals surface area contributed by atoms with E-state index < -0.39 is 5.91 Å². The lowest BCUT2D eigenvalue weighted by Gasteiger charge is -2.13. The zero-order valence-electron chi connectivity index (χ0n) is 18.2. The number of carbonyl (C=O) groups is 2. The molecule has 3 aromatic rings. The molecule has 170 valence electrons. The first-order chi connectivity index (χ1) is 15.5. The van der Waals surface area contributed by atoms with E-state index in [0.29, 0.717) is 41.3 Å². The summed E-state index contributed by atoms with van der Waals surface area (Å²) in [6, 6.07) is 6.74. The molecule has 9 nitrogen and oxygen atoms in total. The molecule has 3 rings (SSSR count). The minimum Gasteiger partial charge on any atom is -0.493 e. The molecule has 0 aliphatic rings. The number of thiophene rings is 1. The Balaban J connectivity index is 1.46. The Kier molecular flexibility index (Phi) is 8.20. The molecule has 0 aliphatic carbocycles. The molecule has 0 saturated carbocycles. The summed E-state index contributed by atoms with van der Waals surface area (Å²) in [6.45, 7) is 4.80. The molecule has 0 unspecified atom stereocenters. The van der Waals surface area contributed by atoms with Gasteiger partial charge >= 0.3 is 0 Å². The van der Waals surface area contributed by atoms with E-state index in [2.05, 4.69) is 34.8 Å². The molecule has 0 spiro atoms. The van der Waals surface area contributed by atoms with Gasteiger partial charge in [0.05, 0.1) is 13.7 Å². The van der Waals surface area contributed by atoms with Gasteiger partial charge in [0.1, 0.15) is 0 Å². The lowest BCUT2D eigenvalue weighted by atomic mass is 10.1. The van der Waals surface area contributed by atoms with Crippen molar-refractivity contribution >= 4 is 23.2 Å². The van der Waals surface area contributed by atoms with Crippen LogP contribution in [-0.2, 0) is 11.2 Å². The first kappa shape index (κ1) is 23.3. The van der Waals surface area contributed by atoms with E-state index in [1.807, 2.05) is 16.8 Å². The molecule has 0 atom stereocenters. The quantitative estimate of drug-likeness (QED) is 0.446. The second kappa shape index (κ2) is 11.3. The summed E-state index contributed by atoms with van der Waals surface area (Å²) < 4.78 is 16.2. The van der Waals surface area contributed by atoms with Crippen molar-refractivity contribution in [3.8, 4) is 22.9 Å². The maximum Gasteiger partial charge on any atom is 0.269 e. The van der Waals surface area contributed by atoms with Crippen molar-refractivity contribution in [1.82, 2.24) is 21.0 Å². The Hall–Kier alpha value is -3.40. The SMILES string of the molecule is COc1cc(C(=O)NNC(=O)CCc2nc(-c3ccsc3)no2)ccc1OCCC(C)C. The molecule has 0 bridgehead atoms. The van der Waals surface area contributed by atoms with Gasteiger partial charge in [-0.1, -0.05) is 19.0 Å². The molecule has 0 aliphatic heterocycles. The second-order valence-corrected chi connectivity index (χ2v) is 8.20. The number of ether oxygens (including phenoxy) is 2. The summed E-state index contributed by atoms with van der Waals surface area (Å²) in [7, 11) is 1.51. The van der Waals surface area contributed by atoms with Crippen molar-refractivity contribution in [2.75, 3.05) is 13.7 Å². The average Bonchev–Trinajstić information content (AvgIpc) is 3.47. The van der Waals surface area contributed by atoms with E-state index in [1.54, 1.807) is 18.2 Å². The van der Waals surface area contributed by atoms with E-state index >= 15 is 0 Å². The highest BCUT2D eigenvalue weighted by Crippen LogP contribution is 2.28. The third-order valence-electron chi connectivity index (χ3n) is 4.51. The van der Waals surface area contributed by atoms with Crippen LogP contribution in [0.15, 0.2) is 39.5 Å². The van der Waals surface area contributed by atoms with Gasteiger partial charge in [0.25, 0.3) is 5.91 Å². The number of nitrogens with one attached hydrogen (secondary N) is 2. The maximum atomic E-state index is 12.4. The summed E-state index contributed by atoms with van der Waals surface area (Å²) in [5, 5.41) is 7.73. The number of carbonyl (C=O) groups excluding carboxylic acids is 2. The summed E-state index contributed by atoms with van der Waals surface area (Å²) in [6.07, 6.45) is 1.25. The Morgan fingerprint density at radius 2 is 2.03 bits per heavy atom. The lowest BCUT2D eigenvalue weighted by molar-refractivity contribution is -0.121. The zero-order valence-corrected chi connectivity index (χ0v) is 19.0. The summed E-state index contributed by atoms with van der Waals surface area (Å²) in [5.74, 6) is 1.53. The standard InChI is InChI=1S/C22H26N4O5S/c1-14(2)8-10-30-17-5-4-15(12-18(17)29-3)22(28)25-24-19(27)6-7-20-23-21(26-31-20)16-9-11-32-13-16/h4-5,9,11-14H,6-8,10H2,1-3H3,(H,24,27)(H,25,28). The number of rotatable bonds is 10. The number of hydrogen-bond donors (Lipinski definition) is 2. The molecule has 0 radical (unpaired) electrons. The second-order valence-electron chi connectivity index (χ2n) is 7.42. The van der Waals surface area contributed by atoms with Crippen molar-refractivity contribution < 1.29 is 23.6 Å². The minimum atomic E-state index is -0.470. The monoisotopic (exact) mass is 458 g/mol. The number of benzene rings is 1. The van der Waals surface area contributed by atoms with Gasteiger partial charge in [0.15, 0.2) is 11.5 Å². The molecule has 32 heavy (non-hydrogen) atoms. The highest BCUT2D eigenvalue weighted by atomic mass is 32.1. The van der Waals surface area contributed by atoms with Gasteiger partial charge in [-0.25, -0.2) is 0 Å². The molecule has 0 fully saturated rings. The third kappa shape index (κ3) is 6.55. The molecular weight excluding hydrogens is 432 g/mol. The number of amides is 2. The van der Waals surface area contributed by atoms with Crippen LogP contribution >= 0.6 is 11.3 Å². The van der Waals surface area contributed by atoms with Crippen molar-refractivity contribution in [2.45, 2.75) is 33.1 Å². The lowest BCUT2D eigenvalue weighted by Crippen LogP contribution is -2.41. The third-order valence-corrected chi connectivity index (χ3v) is 5.19. The Morgan fingerprint density at radius 3 is 2.75 bits per heavy atom. The number of hydrazine groups is 1. The van der Waals surface area contributed by atoms with Gasteiger partial charge in [0, 0.05) is 29.3 Å². The van der Waals surface area contributed by atoms with Crippen LogP contribution in [0.25, 0.3) is 11.4 Å². The van der Waals surface area contributed by atoms with Gasteiger partial charge in [-0.15, -0.1) is 0 Å². The van der Waals surface area contributed by atoms with Crippen molar-refractivity contribution in [1.29, 1.82) is 0 Å². The number of hydrogen-bond acceptors (Lipinski definition) is 8. The highest BCUT2D eigenvalue weighted by Gasteiger charge is 2.14. The minimum absolute atomic E-state index is 0.0809. The number of nitrogens with zero attached hydrogens (tertiary/aromatic N) is 2. The van der Waals surface area contributed by atoms with Crippen LogP contribution < -0.4 is 20.3 Å². The number of aryl methyl sites for hydroxylation is 1. The van der Waals surface area contributed by atoms with Crippen LogP contribution in [0.3, 0.4) is 0 Å². The molecule has 0 saturated heterocycles. The van der Waals surface area contributed by atoms with Crippen LogP contribution in [0.1, 0.15) is 42.9 Å². The molecule has 2 aromatic heterocycles. The van der Waals surface area contributed by atoms with Crippen molar-refractivity contribution in [3.63, 3.8) is 0 Å². The average molecular weight is 459 g/mol. The number of methoxy groups -OCH3 is 1. The zero-order chi connectivity index (χ0) is 22.9. The Bertz CT molecular complexity index is 1030. The van der Waals surface area contributed by atoms with Crippen LogP contribution in [0.4, 0.5) is 0 Å². The molecule has 10 heteroatoms. The maximum absolute atomic E-state index is 12.4. The van der Waals surface area contributed by atoms with Crippen LogP contribution in [-0.4, -0.2) is 35.7 Å². The van der Waals surface area contributed by atoms with Crippen LogP contribution in [0.2, 0.25) is 0 Å². The van der Waals surface area contributed by atoms with Crippen molar-refractivity contribution in [3.05, 3.63) is 46.5 Å². The molecule has 2 N–H and O–H groups in total. The van der Waals surface area contributed by atoms with E-state index in [-0.39, 0.29) is 18.7 Å². The summed E-state index contributed by atoms with van der Waals surface area (Å²) >= 11 is 1.54. The van der Waals surface area contributed by atoms with Crippen molar-refractivity contribution in [2.24, 2.45) is 5.92 Å². The predicted octanol–water partition coefficient (Wildman–Crippen LogP) is 3.63. The van der Waals surface area contributed by atoms with Crippen LogP contribution in [0, 0.1) is 5.92 Å². The fraction of sp³-hybridized carbons (Fsp3) is 0.364. The predicted molar refractivity (Wildman–Crippen MR) is 119 cm³/mol. The molecule has 2 amide bonds. The number of aromatic nitrogens is 2. The Labute approximate surface area is 190 Å². The van der Waals surface area contributed by atoms with Gasteiger partial charge in [0.2, 0.25) is 17.6 Å². The fourth-order valence-electron chi connectivity index (χ4n) is 2.68. The first-order valence-corrected chi connectivity index (χ1v) is 11.2. The summed E-state index contributed by atoms with van der Waals surface area (Å²) in [5.41, 5.74) is 5.98. The first-order valence-electron chi connectivity index (χ1n) is 10.2. The fourth-order valence-corrected chi connectivity index (χ4v) is 3.31. The highest BCUT2D eigenvalue weighted by molar-refractivity contribution is 7.08. The largest absolute Gasteiger partial charge is 0.493 e. The molecular formula is C22H26N4O5S. The normalized spacial score (nSPS) is 10.8. The topological polar surface area (TPSA) is 116 Å². The van der Waals surface area contributed by atoms with E-state index in [4.69, 9.17) is 14.0 Å².